The van der Waals surface area contributed by atoms with Crippen molar-refractivity contribution in [1.82, 2.24) is 19.8 Å². The van der Waals surface area contributed by atoms with E-state index in [1.54, 1.807) is 0 Å². The van der Waals surface area contributed by atoms with Crippen molar-refractivity contribution in [2.24, 2.45) is 0 Å². The van der Waals surface area contributed by atoms with Gasteiger partial charge in [-0.15, -0.1) is 0 Å². The maximum atomic E-state index is 12.8. The van der Waals surface area contributed by atoms with E-state index in [4.69, 9.17) is 4.98 Å². The number of nitrogens with zero attached hydrogens (tertiary/aromatic N) is 3. The van der Waals surface area contributed by atoms with Crippen molar-refractivity contribution in [3.05, 3.63) is 62.8 Å². The van der Waals surface area contributed by atoms with Gasteiger partial charge in [0.1, 0.15) is 5.82 Å². The summed E-state index contributed by atoms with van der Waals surface area (Å²) in [4.78, 5) is 37.2. The van der Waals surface area contributed by atoms with Crippen LogP contribution in [0, 0.1) is 6.92 Å². The highest BCUT2D eigenvalue weighted by molar-refractivity contribution is 5.79. The minimum absolute atomic E-state index is 0.0188. The molecule has 0 spiro atoms. The Morgan fingerprint density at radius 3 is 2.82 bits per heavy atom. The van der Waals surface area contributed by atoms with Gasteiger partial charge < -0.3 is 14.8 Å². The third-order valence-electron chi connectivity index (χ3n) is 5.91. The Morgan fingerprint density at radius 1 is 1.25 bits per heavy atom. The first-order chi connectivity index (χ1) is 13.5. The van der Waals surface area contributed by atoms with Crippen LogP contribution in [0.5, 0.6) is 0 Å². The summed E-state index contributed by atoms with van der Waals surface area (Å²) in [6.45, 7) is 5.04. The summed E-state index contributed by atoms with van der Waals surface area (Å²) in [5.74, 6) is 1.00. The fourth-order valence-electron chi connectivity index (χ4n) is 4.19. The second-order valence-corrected chi connectivity index (χ2v) is 8.21. The monoisotopic (exact) mass is 380 g/mol. The molecule has 0 aliphatic carbocycles. The molecule has 6 nitrogen and oxygen atoms in total. The highest BCUT2D eigenvalue weighted by Crippen LogP contribution is 2.25. The molecule has 2 aliphatic rings. The number of carbonyl (C=O) groups excluding carboxylic acids is 1. The summed E-state index contributed by atoms with van der Waals surface area (Å²) >= 11 is 0. The molecule has 0 radical (unpaired) electrons. The van der Waals surface area contributed by atoms with Crippen LogP contribution in [0.2, 0.25) is 0 Å². The lowest BCUT2D eigenvalue weighted by Crippen LogP contribution is -2.41. The highest BCUT2D eigenvalue weighted by Gasteiger charge is 2.28. The van der Waals surface area contributed by atoms with Crippen molar-refractivity contribution in [1.29, 1.82) is 0 Å². The van der Waals surface area contributed by atoms with Crippen LogP contribution in [-0.4, -0.2) is 52.4 Å². The summed E-state index contributed by atoms with van der Waals surface area (Å²) in [6.07, 6.45) is 3.13. The second kappa shape index (κ2) is 7.87. The molecule has 4 rings (SSSR count). The Balaban J connectivity index is 1.48. The molecule has 1 atom stereocenters. The lowest BCUT2D eigenvalue weighted by atomic mass is 9.95. The van der Waals surface area contributed by atoms with Crippen LogP contribution in [0.25, 0.3) is 0 Å². The quantitative estimate of drug-likeness (QED) is 0.884. The number of rotatable bonds is 3. The minimum Gasteiger partial charge on any atom is -0.342 e. The van der Waals surface area contributed by atoms with E-state index in [2.05, 4.69) is 9.88 Å². The number of hydrogen-bond donors (Lipinski definition) is 1. The van der Waals surface area contributed by atoms with Gasteiger partial charge in [-0.2, -0.15) is 0 Å². The maximum Gasteiger partial charge on any atom is 0.255 e. The fraction of sp³-hybridized carbons (Fsp3) is 0.500. The number of amides is 1. The zero-order valence-electron chi connectivity index (χ0n) is 16.7. The Labute approximate surface area is 165 Å². The van der Waals surface area contributed by atoms with E-state index in [1.807, 2.05) is 43.1 Å². The third-order valence-corrected chi connectivity index (χ3v) is 5.91. The normalized spacial score (nSPS) is 20.1. The van der Waals surface area contributed by atoms with Gasteiger partial charge in [-0.05, 0) is 32.4 Å². The minimum atomic E-state index is -0.0188. The lowest BCUT2D eigenvalue weighted by Gasteiger charge is -2.33. The average molecular weight is 380 g/mol. The van der Waals surface area contributed by atoms with Crippen LogP contribution in [0.1, 0.15) is 47.0 Å². The molecule has 0 saturated carbocycles. The molecular weight excluding hydrogens is 352 g/mol. The predicted octanol–water partition coefficient (Wildman–Crippen LogP) is 2.01. The van der Waals surface area contributed by atoms with Crippen molar-refractivity contribution in [2.75, 3.05) is 26.7 Å². The molecule has 2 aromatic rings. The Kier molecular flexibility index (Phi) is 5.31. The summed E-state index contributed by atoms with van der Waals surface area (Å²) in [7, 11) is 2.02. The van der Waals surface area contributed by atoms with E-state index < -0.39 is 0 Å². The lowest BCUT2D eigenvalue weighted by molar-refractivity contribution is -0.131. The van der Waals surface area contributed by atoms with Gasteiger partial charge in [-0.3, -0.25) is 9.59 Å². The number of carbonyl (C=O) groups is 1. The number of aryl methyl sites for hydroxylation is 1. The van der Waals surface area contributed by atoms with Gasteiger partial charge in [-0.1, -0.05) is 29.8 Å². The van der Waals surface area contributed by atoms with Gasteiger partial charge in [0, 0.05) is 38.5 Å². The fourth-order valence-corrected chi connectivity index (χ4v) is 4.19. The van der Waals surface area contributed by atoms with Crippen LogP contribution < -0.4 is 5.56 Å². The van der Waals surface area contributed by atoms with E-state index in [1.165, 1.54) is 5.56 Å². The first-order valence-corrected chi connectivity index (χ1v) is 10.1. The molecule has 28 heavy (non-hydrogen) atoms. The zero-order valence-corrected chi connectivity index (χ0v) is 16.7. The number of likely N-dealkylation sites (tertiary alicyclic amines) is 1. The molecule has 6 heteroatoms. The Hall–Kier alpha value is -2.47. The summed E-state index contributed by atoms with van der Waals surface area (Å²) in [5, 5.41) is 0. The van der Waals surface area contributed by atoms with Crippen LogP contribution >= 0.6 is 0 Å². The van der Waals surface area contributed by atoms with Gasteiger partial charge >= 0.3 is 0 Å². The maximum absolute atomic E-state index is 12.8. The Bertz CT molecular complexity index is 919. The molecule has 1 fully saturated rings. The van der Waals surface area contributed by atoms with Crippen LogP contribution in [0.3, 0.4) is 0 Å². The largest absolute Gasteiger partial charge is 0.342 e. The van der Waals surface area contributed by atoms with Crippen molar-refractivity contribution < 1.29 is 4.79 Å². The highest BCUT2D eigenvalue weighted by atomic mass is 16.2. The molecule has 1 unspecified atom stereocenters. The number of benzene rings is 1. The van der Waals surface area contributed by atoms with Crippen molar-refractivity contribution in [2.45, 2.75) is 45.1 Å². The van der Waals surface area contributed by atoms with Gasteiger partial charge in [0.2, 0.25) is 5.91 Å². The van der Waals surface area contributed by atoms with E-state index >= 15 is 0 Å². The van der Waals surface area contributed by atoms with E-state index in [9.17, 15) is 9.59 Å². The standard InChI is InChI=1S/C22H28N4O2/c1-15-5-7-16(8-6-15)12-20(27)26-10-3-4-17(13-26)21-23-19-9-11-25(2)14-18(19)22(28)24-21/h5-8,17H,3-4,9-14H2,1-2H3,(H,23,24,28). The SMILES string of the molecule is Cc1ccc(CC(=O)N2CCCC(c3nc4c(c(=O)[nH]3)CN(C)CC4)C2)cc1. The molecule has 1 N–H and O–H groups in total. The van der Waals surface area contributed by atoms with E-state index in [0.29, 0.717) is 19.5 Å². The van der Waals surface area contributed by atoms with Gasteiger partial charge in [-0.25, -0.2) is 4.98 Å². The van der Waals surface area contributed by atoms with Crippen LogP contribution in [-0.2, 0) is 24.2 Å². The molecular formula is C22H28N4O2. The number of likely N-dealkylation sites (N-methyl/N-ethyl adjacent to an activating group) is 1. The van der Waals surface area contributed by atoms with Gasteiger partial charge in [0.15, 0.2) is 0 Å². The van der Waals surface area contributed by atoms with Crippen LogP contribution in [0.4, 0.5) is 0 Å². The number of H-pyrrole nitrogens is 1. The molecule has 2 aliphatic heterocycles. The van der Waals surface area contributed by atoms with Gasteiger partial charge in [0.05, 0.1) is 17.7 Å². The molecule has 0 bridgehead atoms. The van der Waals surface area contributed by atoms with Gasteiger partial charge in [0.25, 0.3) is 5.56 Å². The predicted molar refractivity (Wildman–Crippen MR) is 108 cm³/mol. The molecule has 1 saturated heterocycles. The molecule has 1 amide bonds. The summed E-state index contributed by atoms with van der Waals surface area (Å²) in [6, 6.07) is 8.13. The number of aromatic nitrogens is 2. The summed E-state index contributed by atoms with van der Waals surface area (Å²) in [5.41, 5.74) is 3.94. The molecule has 1 aromatic carbocycles. The number of piperidine rings is 1. The van der Waals surface area contributed by atoms with Crippen molar-refractivity contribution >= 4 is 5.91 Å². The van der Waals surface area contributed by atoms with Crippen molar-refractivity contribution in [3.8, 4) is 0 Å². The third kappa shape index (κ3) is 4.02. The van der Waals surface area contributed by atoms with Crippen LogP contribution in [0.15, 0.2) is 29.1 Å². The second-order valence-electron chi connectivity index (χ2n) is 8.21. The topological polar surface area (TPSA) is 69.3 Å². The first-order valence-electron chi connectivity index (χ1n) is 10.1. The number of nitrogens with one attached hydrogen (secondary N) is 1. The average Bonchev–Trinajstić information content (AvgIpc) is 2.70. The number of aromatic amines is 1. The van der Waals surface area contributed by atoms with E-state index in [-0.39, 0.29) is 17.4 Å². The molecule has 1 aromatic heterocycles. The summed E-state index contributed by atoms with van der Waals surface area (Å²) < 4.78 is 0. The zero-order chi connectivity index (χ0) is 19.7. The molecule has 3 heterocycles. The first kappa shape index (κ1) is 18.9. The number of fused-ring (bicyclic) bond motifs is 1. The Morgan fingerprint density at radius 2 is 2.04 bits per heavy atom. The molecule has 148 valence electrons. The smallest absolute Gasteiger partial charge is 0.255 e. The van der Waals surface area contributed by atoms with Crippen molar-refractivity contribution in [3.63, 3.8) is 0 Å². The van der Waals surface area contributed by atoms with E-state index in [0.717, 1.165) is 55.0 Å². The number of hydrogen-bond acceptors (Lipinski definition) is 4.